The van der Waals surface area contributed by atoms with Gasteiger partial charge in [-0.2, -0.15) is 0 Å². The van der Waals surface area contributed by atoms with Gasteiger partial charge >= 0.3 is 0 Å². The first-order valence-corrected chi connectivity index (χ1v) is 11.0. The monoisotopic (exact) mass is 417 g/mol. The van der Waals surface area contributed by atoms with Crippen molar-refractivity contribution in [3.63, 3.8) is 0 Å². The number of H-pyrrole nitrogens is 1. The number of rotatable bonds is 13. The smallest absolute Gasteiger partial charge is 0.230 e. The summed E-state index contributed by atoms with van der Waals surface area (Å²) in [5.41, 5.74) is 2.01. The van der Waals surface area contributed by atoms with E-state index in [-0.39, 0.29) is 18.9 Å². The maximum atomic E-state index is 14.5. The van der Waals surface area contributed by atoms with Gasteiger partial charge in [0.2, 0.25) is 5.91 Å². The van der Waals surface area contributed by atoms with Crippen LogP contribution < -0.4 is 4.90 Å². The average Bonchev–Trinajstić information content (AvgIpc) is 3.36. The summed E-state index contributed by atoms with van der Waals surface area (Å²) in [4.78, 5) is 14.0. The van der Waals surface area contributed by atoms with Crippen LogP contribution in [0.4, 0.5) is 10.1 Å². The van der Waals surface area contributed by atoms with Gasteiger partial charge < -0.3 is 9.64 Å². The Morgan fingerprint density at radius 1 is 1.13 bits per heavy atom. The summed E-state index contributed by atoms with van der Waals surface area (Å²) in [6.45, 7) is 2.93. The van der Waals surface area contributed by atoms with Gasteiger partial charge in [-0.3, -0.25) is 4.79 Å². The fourth-order valence-electron chi connectivity index (χ4n) is 3.83. The number of aromatic amines is 1. The molecule has 0 aliphatic carbocycles. The number of tetrazole rings is 1. The number of nitrogens with zero attached hydrogens (tertiary/aromatic N) is 4. The number of amides is 1. The van der Waals surface area contributed by atoms with E-state index in [2.05, 4.69) is 39.7 Å². The molecule has 2 atom stereocenters. The summed E-state index contributed by atoms with van der Waals surface area (Å²) in [6, 6.07) is 7.41. The highest BCUT2D eigenvalue weighted by atomic mass is 19.1. The maximum Gasteiger partial charge on any atom is 0.230 e. The molecule has 30 heavy (non-hydrogen) atoms. The number of hydrogen-bond acceptors (Lipinski definition) is 5. The quantitative estimate of drug-likeness (QED) is 0.501. The van der Waals surface area contributed by atoms with E-state index < -0.39 is 12.2 Å². The van der Waals surface area contributed by atoms with Crippen LogP contribution in [-0.2, 0) is 22.4 Å². The van der Waals surface area contributed by atoms with Crippen molar-refractivity contribution in [2.45, 2.75) is 76.9 Å². The highest BCUT2D eigenvalue weighted by Gasteiger charge is 2.41. The maximum absolute atomic E-state index is 14.5. The molecule has 8 heteroatoms. The van der Waals surface area contributed by atoms with Gasteiger partial charge in [0.1, 0.15) is 12.0 Å². The molecule has 2 unspecified atom stereocenters. The minimum atomic E-state index is -1.20. The molecule has 0 bridgehead atoms. The Kier molecular flexibility index (Phi) is 8.74. The first kappa shape index (κ1) is 22.3. The standard InChI is InChI=1S/C22H32FN5O2/c1-2-3-4-5-8-17-10-12-18(13-11-17)28-20(19(23)15-22(28)29)16-30-14-7-6-9-21-24-26-27-25-21/h10-13,19-20H,2-9,14-16H2,1H3,(H,24,25,26,27). The zero-order valence-corrected chi connectivity index (χ0v) is 17.7. The van der Waals surface area contributed by atoms with Crippen molar-refractivity contribution >= 4 is 11.6 Å². The molecule has 164 valence electrons. The normalized spacial score (nSPS) is 19.0. The minimum Gasteiger partial charge on any atom is -0.379 e. The molecule has 1 fully saturated rings. The van der Waals surface area contributed by atoms with E-state index in [9.17, 15) is 9.18 Å². The number of aryl methyl sites for hydroxylation is 2. The van der Waals surface area contributed by atoms with Crippen LogP contribution in [0.2, 0.25) is 0 Å². The van der Waals surface area contributed by atoms with Crippen LogP contribution in [0.3, 0.4) is 0 Å². The summed E-state index contributed by atoms with van der Waals surface area (Å²) >= 11 is 0. The third-order valence-electron chi connectivity index (χ3n) is 5.55. The van der Waals surface area contributed by atoms with Gasteiger partial charge in [-0.15, -0.1) is 5.10 Å². The van der Waals surface area contributed by atoms with E-state index in [4.69, 9.17) is 4.74 Å². The number of nitrogens with one attached hydrogen (secondary N) is 1. The fourth-order valence-corrected chi connectivity index (χ4v) is 3.83. The molecule has 1 N–H and O–H groups in total. The zero-order valence-electron chi connectivity index (χ0n) is 17.7. The Hall–Kier alpha value is -2.35. The largest absolute Gasteiger partial charge is 0.379 e. The number of hydrogen-bond donors (Lipinski definition) is 1. The molecule has 0 spiro atoms. The summed E-state index contributed by atoms with van der Waals surface area (Å²) in [5.74, 6) is 0.574. The van der Waals surface area contributed by atoms with E-state index in [1.165, 1.54) is 31.2 Å². The Morgan fingerprint density at radius 2 is 1.93 bits per heavy atom. The molecule has 3 rings (SSSR count). The second-order valence-corrected chi connectivity index (χ2v) is 7.91. The first-order valence-electron chi connectivity index (χ1n) is 11.0. The van der Waals surface area contributed by atoms with E-state index >= 15 is 0 Å². The summed E-state index contributed by atoms with van der Waals surface area (Å²) in [5, 5.41) is 13.6. The molecule has 1 aromatic heterocycles. The lowest BCUT2D eigenvalue weighted by atomic mass is 10.1. The highest BCUT2D eigenvalue weighted by molar-refractivity contribution is 5.97. The molecule has 1 amide bonds. The Bertz CT molecular complexity index is 753. The van der Waals surface area contributed by atoms with Crippen LogP contribution in [-0.4, -0.2) is 52.0 Å². The van der Waals surface area contributed by atoms with Gasteiger partial charge in [-0.05, 0) is 53.8 Å². The molecular formula is C22H32FN5O2. The number of carbonyl (C=O) groups excluding carboxylic acids is 1. The van der Waals surface area contributed by atoms with Crippen molar-refractivity contribution in [1.82, 2.24) is 20.6 Å². The third-order valence-corrected chi connectivity index (χ3v) is 5.55. The van der Waals surface area contributed by atoms with E-state index in [0.717, 1.165) is 37.2 Å². The van der Waals surface area contributed by atoms with E-state index in [1.807, 2.05) is 12.1 Å². The molecule has 0 saturated carbocycles. The first-order chi connectivity index (χ1) is 14.7. The second-order valence-electron chi connectivity index (χ2n) is 7.91. The fraction of sp³-hybridized carbons (Fsp3) is 0.636. The number of anilines is 1. The molecule has 2 aromatic rings. The predicted octanol–water partition coefficient (Wildman–Crippen LogP) is 3.81. The minimum absolute atomic E-state index is 0.0781. The highest BCUT2D eigenvalue weighted by Crippen LogP contribution is 2.29. The number of aromatic nitrogens is 4. The van der Waals surface area contributed by atoms with Crippen molar-refractivity contribution in [2.75, 3.05) is 18.1 Å². The Morgan fingerprint density at radius 3 is 2.67 bits per heavy atom. The van der Waals surface area contributed by atoms with Crippen molar-refractivity contribution in [2.24, 2.45) is 0 Å². The van der Waals surface area contributed by atoms with E-state index in [1.54, 1.807) is 4.90 Å². The summed E-state index contributed by atoms with van der Waals surface area (Å²) in [7, 11) is 0. The SMILES string of the molecule is CCCCCCc1ccc(N2C(=O)CC(F)C2COCCCCc2nnn[nH]2)cc1. The number of unbranched alkanes of at least 4 members (excludes halogenated alkanes) is 4. The molecule has 7 nitrogen and oxygen atoms in total. The van der Waals surface area contributed by atoms with Gasteiger partial charge in [-0.25, -0.2) is 9.49 Å². The topological polar surface area (TPSA) is 84.0 Å². The van der Waals surface area contributed by atoms with Crippen LogP contribution in [0, 0.1) is 0 Å². The number of carbonyl (C=O) groups is 1. The van der Waals surface area contributed by atoms with Gasteiger partial charge in [0.05, 0.1) is 19.1 Å². The molecular weight excluding hydrogens is 385 g/mol. The Labute approximate surface area is 177 Å². The predicted molar refractivity (Wildman–Crippen MR) is 113 cm³/mol. The number of ether oxygens (including phenoxy) is 1. The van der Waals surface area contributed by atoms with Crippen LogP contribution in [0.15, 0.2) is 24.3 Å². The third kappa shape index (κ3) is 6.32. The van der Waals surface area contributed by atoms with Gasteiger partial charge in [-0.1, -0.05) is 38.3 Å². The van der Waals surface area contributed by atoms with Crippen molar-refractivity contribution in [3.05, 3.63) is 35.7 Å². The molecule has 1 aliphatic rings. The van der Waals surface area contributed by atoms with Crippen molar-refractivity contribution in [3.8, 4) is 0 Å². The van der Waals surface area contributed by atoms with E-state index in [0.29, 0.717) is 6.61 Å². The number of benzene rings is 1. The van der Waals surface area contributed by atoms with Crippen LogP contribution in [0.5, 0.6) is 0 Å². The molecule has 1 aliphatic heterocycles. The summed E-state index contributed by atoms with van der Waals surface area (Å²) in [6.07, 6.45) is 7.11. The summed E-state index contributed by atoms with van der Waals surface area (Å²) < 4.78 is 20.2. The molecule has 1 saturated heterocycles. The van der Waals surface area contributed by atoms with Crippen LogP contribution >= 0.6 is 0 Å². The van der Waals surface area contributed by atoms with Crippen molar-refractivity contribution < 1.29 is 13.9 Å². The molecule has 0 radical (unpaired) electrons. The zero-order chi connectivity index (χ0) is 21.2. The van der Waals surface area contributed by atoms with Gasteiger partial charge in [0.25, 0.3) is 0 Å². The van der Waals surface area contributed by atoms with Crippen LogP contribution in [0.1, 0.15) is 63.3 Å². The lowest BCUT2D eigenvalue weighted by Crippen LogP contribution is -2.39. The van der Waals surface area contributed by atoms with Gasteiger partial charge in [0.15, 0.2) is 0 Å². The van der Waals surface area contributed by atoms with Gasteiger partial charge in [0, 0.05) is 18.7 Å². The second kappa shape index (κ2) is 11.7. The average molecular weight is 418 g/mol. The van der Waals surface area contributed by atoms with Crippen LogP contribution in [0.25, 0.3) is 0 Å². The van der Waals surface area contributed by atoms with Crippen molar-refractivity contribution in [1.29, 1.82) is 0 Å². The lowest BCUT2D eigenvalue weighted by Gasteiger charge is -2.26. The number of alkyl halides is 1. The molecule has 1 aromatic carbocycles. The molecule has 2 heterocycles. The lowest BCUT2D eigenvalue weighted by molar-refractivity contribution is -0.117. The number of halogens is 1. The Balaban J connectivity index is 1.46.